The number of hydrogen-bond donors (Lipinski definition) is 0. The van der Waals surface area contributed by atoms with Gasteiger partial charge in [-0.3, -0.25) is 9.79 Å². The van der Waals surface area contributed by atoms with Crippen LogP contribution in [0.2, 0.25) is 0 Å². The fourth-order valence-electron chi connectivity index (χ4n) is 4.55. The van der Waals surface area contributed by atoms with Crippen LogP contribution in [0.15, 0.2) is 34.4 Å². The monoisotopic (exact) mass is 426 g/mol. The Morgan fingerprint density at radius 3 is 2.37 bits per heavy atom. The molecule has 0 aliphatic carbocycles. The van der Waals surface area contributed by atoms with Crippen molar-refractivity contribution < 1.29 is 4.79 Å². The lowest BCUT2D eigenvalue weighted by atomic mass is 9.95. The average molecular weight is 427 g/mol. The fourth-order valence-corrected chi connectivity index (χ4v) is 5.56. The molecule has 0 spiro atoms. The summed E-state index contributed by atoms with van der Waals surface area (Å²) in [7, 11) is 2.12. The van der Waals surface area contributed by atoms with Gasteiger partial charge in [0.05, 0.1) is 12.6 Å². The number of aryl methyl sites for hydroxylation is 1. The van der Waals surface area contributed by atoms with Crippen molar-refractivity contribution in [2.24, 2.45) is 16.0 Å². The molecule has 7 nitrogen and oxygen atoms in total. The molecule has 4 aliphatic heterocycles. The highest BCUT2D eigenvalue weighted by Crippen LogP contribution is 2.35. The van der Waals surface area contributed by atoms with E-state index < -0.39 is 0 Å². The highest BCUT2D eigenvalue weighted by molar-refractivity contribution is 8.26. The lowest BCUT2D eigenvalue weighted by molar-refractivity contribution is -0.138. The zero-order chi connectivity index (χ0) is 20.7. The van der Waals surface area contributed by atoms with Crippen LogP contribution in [0.25, 0.3) is 0 Å². The maximum absolute atomic E-state index is 12.9. The summed E-state index contributed by atoms with van der Waals surface area (Å²) in [5.41, 5.74) is 2.53. The van der Waals surface area contributed by atoms with Gasteiger partial charge in [-0.25, -0.2) is 5.01 Å². The number of benzene rings is 1. The van der Waals surface area contributed by atoms with Crippen LogP contribution in [0.3, 0.4) is 0 Å². The molecule has 30 heavy (non-hydrogen) atoms. The first-order chi connectivity index (χ1) is 14.6. The number of hydrazone groups is 1. The lowest BCUT2D eigenvalue weighted by Crippen LogP contribution is -2.50. The number of piperidine rings is 1. The zero-order valence-electron chi connectivity index (χ0n) is 17.8. The molecule has 1 amide bonds. The number of likely N-dealkylation sites (tertiary alicyclic amines) is 1. The number of hydrogen-bond acceptors (Lipinski definition) is 7. The predicted molar refractivity (Wildman–Crippen MR) is 121 cm³/mol. The van der Waals surface area contributed by atoms with Crippen molar-refractivity contribution in [2.45, 2.75) is 25.8 Å². The van der Waals surface area contributed by atoms with Crippen molar-refractivity contribution in [3.8, 4) is 0 Å². The SMILES string of the molecule is Cc1ccc(C2CN3N=C(N4CCC(C(=O)N5CCN(C)CC5)CC4)SC3=N2)cc1. The zero-order valence-corrected chi connectivity index (χ0v) is 18.6. The molecule has 4 heterocycles. The van der Waals surface area contributed by atoms with Crippen molar-refractivity contribution in [3.63, 3.8) is 0 Å². The van der Waals surface area contributed by atoms with Crippen LogP contribution < -0.4 is 0 Å². The van der Waals surface area contributed by atoms with Gasteiger partial charge in [0.2, 0.25) is 5.91 Å². The van der Waals surface area contributed by atoms with E-state index in [0.717, 1.165) is 69.0 Å². The largest absolute Gasteiger partial charge is 0.349 e. The molecular formula is C22H30N6OS. The molecule has 0 bridgehead atoms. The number of thioether (sulfide) groups is 1. The summed E-state index contributed by atoms with van der Waals surface area (Å²) in [6.07, 6.45) is 1.84. The summed E-state index contributed by atoms with van der Waals surface area (Å²) in [4.78, 5) is 24.5. The van der Waals surface area contributed by atoms with Gasteiger partial charge in [0, 0.05) is 45.2 Å². The Balaban J connectivity index is 1.14. The van der Waals surface area contributed by atoms with Crippen molar-refractivity contribution >= 4 is 28.0 Å². The van der Waals surface area contributed by atoms with Gasteiger partial charge in [0.25, 0.3) is 0 Å². The van der Waals surface area contributed by atoms with Crippen molar-refractivity contribution in [1.82, 2.24) is 19.7 Å². The second kappa shape index (κ2) is 8.23. The first-order valence-electron chi connectivity index (χ1n) is 11.0. The minimum absolute atomic E-state index is 0.166. The van der Waals surface area contributed by atoms with Gasteiger partial charge in [-0.1, -0.05) is 29.8 Å². The predicted octanol–water partition coefficient (Wildman–Crippen LogP) is 2.21. The van der Waals surface area contributed by atoms with E-state index in [9.17, 15) is 4.79 Å². The molecule has 8 heteroatoms. The summed E-state index contributed by atoms with van der Waals surface area (Å²) >= 11 is 1.68. The number of carbonyl (C=O) groups is 1. The summed E-state index contributed by atoms with van der Waals surface area (Å²) in [5, 5.41) is 8.94. The molecule has 1 atom stereocenters. The Kier molecular flexibility index (Phi) is 5.45. The molecule has 1 unspecified atom stereocenters. The normalized spacial score (nSPS) is 25.4. The number of fused-ring (bicyclic) bond motifs is 1. The Morgan fingerprint density at radius 1 is 1.00 bits per heavy atom. The fraction of sp³-hybridized carbons (Fsp3) is 0.591. The standard InChI is InChI=1S/C22H30N6OS/c1-16-3-5-17(6-4-16)19-15-28-21(23-19)30-22(24-28)27-9-7-18(8-10-27)20(29)26-13-11-25(2)12-14-26/h3-6,18-19H,7-15H2,1-2H3. The third-order valence-electron chi connectivity index (χ3n) is 6.61. The van der Waals surface area contributed by atoms with Crippen LogP contribution in [-0.4, -0.2) is 88.8 Å². The summed E-state index contributed by atoms with van der Waals surface area (Å²) in [5.74, 6) is 0.523. The average Bonchev–Trinajstić information content (AvgIpc) is 3.34. The Morgan fingerprint density at radius 2 is 1.70 bits per heavy atom. The number of aliphatic imine (C=N–C) groups is 1. The maximum atomic E-state index is 12.9. The summed E-state index contributed by atoms with van der Waals surface area (Å²) in [6, 6.07) is 8.81. The topological polar surface area (TPSA) is 54.8 Å². The molecule has 0 radical (unpaired) electrons. The van der Waals surface area contributed by atoms with E-state index in [2.05, 4.69) is 52.9 Å². The van der Waals surface area contributed by atoms with E-state index in [1.54, 1.807) is 11.8 Å². The van der Waals surface area contributed by atoms with E-state index in [1.807, 2.05) is 5.01 Å². The van der Waals surface area contributed by atoms with Crippen LogP contribution in [0, 0.1) is 12.8 Å². The number of carbonyl (C=O) groups excluding carboxylic acids is 1. The molecule has 0 saturated carbocycles. The van der Waals surface area contributed by atoms with Gasteiger partial charge in [-0.05, 0) is 44.1 Å². The molecule has 0 N–H and O–H groups in total. The third kappa shape index (κ3) is 3.95. The second-order valence-electron chi connectivity index (χ2n) is 8.79. The number of rotatable bonds is 2. The minimum atomic E-state index is 0.166. The Labute approximate surface area is 182 Å². The van der Waals surface area contributed by atoms with Gasteiger partial charge in [-0.2, -0.15) is 0 Å². The lowest BCUT2D eigenvalue weighted by Gasteiger charge is -2.37. The van der Waals surface area contributed by atoms with Crippen LogP contribution >= 0.6 is 11.8 Å². The summed E-state index contributed by atoms with van der Waals surface area (Å²) < 4.78 is 0. The number of likely N-dealkylation sites (N-methyl/N-ethyl adjacent to an activating group) is 1. The molecule has 4 aliphatic rings. The van der Waals surface area contributed by atoms with Crippen LogP contribution in [0.4, 0.5) is 0 Å². The molecule has 1 aromatic carbocycles. The second-order valence-corrected chi connectivity index (χ2v) is 9.73. The van der Waals surface area contributed by atoms with Crippen molar-refractivity contribution in [1.29, 1.82) is 0 Å². The van der Waals surface area contributed by atoms with Gasteiger partial charge < -0.3 is 14.7 Å². The van der Waals surface area contributed by atoms with Gasteiger partial charge in [-0.15, -0.1) is 5.10 Å². The molecule has 2 fully saturated rings. The highest BCUT2D eigenvalue weighted by Gasteiger charge is 2.37. The molecule has 5 rings (SSSR count). The van der Waals surface area contributed by atoms with Crippen molar-refractivity contribution in [3.05, 3.63) is 35.4 Å². The quantitative estimate of drug-likeness (QED) is 0.726. The Bertz CT molecular complexity index is 853. The number of amides is 1. The molecular weight excluding hydrogens is 396 g/mol. The van der Waals surface area contributed by atoms with Gasteiger partial charge in [0.1, 0.15) is 0 Å². The van der Waals surface area contributed by atoms with E-state index in [1.165, 1.54) is 11.1 Å². The van der Waals surface area contributed by atoms with Crippen LogP contribution in [0.5, 0.6) is 0 Å². The number of nitrogens with zero attached hydrogens (tertiary/aromatic N) is 6. The van der Waals surface area contributed by atoms with Crippen LogP contribution in [-0.2, 0) is 4.79 Å². The van der Waals surface area contributed by atoms with E-state index in [4.69, 9.17) is 10.1 Å². The molecule has 160 valence electrons. The highest BCUT2D eigenvalue weighted by atomic mass is 32.2. The van der Waals surface area contributed by atoms with Crippen molar-refractivity contribution in [2.75, 3.05) is 52.9 Å². The number of piperazine rings is 1. The third-order valence-corrected chi connectivity index (χ3v) is 7.63. The minimum Gasteiger partial charge on any atom is -0.349 e. The number of amidine groups is 2. The van der Waals surface area contributed by atoms with E-state index >= 15 is 0 Å². The summed E-state index contributed by atoms with van der Waals surface area (Å²) in [6.45, 7) is 8.43. The smallest absolute Gasteiger partial charge is 0.225 e. The molecule has 2 saturated heterocycles. The van der Waals surface area contributed by atoms with Gasteiger partial charge >= 0.3 is 0 Å². The maximum Gasteiger partial charge on any atom is 0.225 e. The Hall–Kier alpha value is -2.06. The first-order valence-corrected chi connectivity index (χ1v) is 11.8. The van der Waals surface area contributed by atoms with E-state index in [-0.39, 0.29) is 12.0 Å². The first kappa shape index (κ1) is 19.9. The molecule has 1 aromatic rings. The van der Waals surface area contributed by atoms with E-state index in [0.29, 0.717) is 5.91 Å². The van der Waals surface area contributed by atoms with Gasteiger partial charge in [0.15, 0.2) is 10.3 Å². The molecule has 0 aromatic heterocycles. The van der Waals surface area contributed by atoms with Crippen LogP contribution in [0.1, 0.15) is 30.0 Å².